The largest absolute Gasteiger partial charge is 0.293 e. The number of hydrogen-bond donors (Lipinski definition) is 0. The van der Waals surface area contributed by atoms with Crippen LogP contribution in [0.5, 0.6) is 0 Å². The van der Waals surface area contributed by atoms with Gasteiger partial charge >= 0.3 is 0 Å². The highest BCUT2D eigenvalue weighted by molar-refractivity contribution is 8.01. The monoisotopic (exact) mass is 250 g/mol. The Morgan fingerprint density at radius 3 is 2.24 bits per heavy atom. The molecular formula is C15H22OS. The highest BCUT2D eigenvalue weighted by Gasteiger charge is 2.14. The van der Waals surface area contributed by atoms with Gasteiger partial charge in [0.1, 0.15) is 0 Å². The van der Waals surface area contributed by atoms with Gasteiger partial charge in [-0.1, -0.05) is 58.4 Å². The maximum atomic E-state index is 11.9. The molecule has 0 amide bonds. The molecule has 0 saturated heterocycles. The van der Waals surface area contributed by atoms with E-state index in [0.29, 0.717) is 5.75 Å². The molecule has 0 saturated carbocycles. The van der Waals surface area contributed by atoms with Crippen molar-refractivity contribution < 1.29 is 4.79 Å². The quantitative estimate of drug-likeness (QED) is 0.723. The second kappa shape index (κ2) is 6.25. The van der Waals surface area contributed by atoms with Crippen LogP contribution in [0.4, 0.5) is 0 Å². The number of ketones is 1. The molecular weight excluding hydrogens is 228 g/mol. The Hall–Kier alpha value is -0.760. The number of hydrogen-bond acceptors (Lipinski definition) is 2. The number of thioether (sulfide) groups is 1. The number of rotatable bonds is 5. The minimum absolute atomic E-state index is 0.151. The lowest BCUT2D eigenvalue weighted by Crippen LogP contribution is -2.13. The van der Waals surface area contributed by atoms with E-state index in [9.17, 15) is 4.79 Å². The summed E-state index contributed by atoms with van der Waals surface area (Å²) < 4.78 is 0.151. The van der Waals surface area contributed by atoms with Gasteiger partial charge in [-0.05, 0) is 12.0 Å². The molecule has 0 aliphatic rings. The summed E-state index contributed by atoms with van der Waals surface area (Å²) in [5.41, 5.74) is 2.15. The van der Waals surface area contributed by atoms with E-state index in [2.05, 4.69) is 39.8 Å². The summed E-state index contributed by atoms with van der Waals surface area (Å²) in [7, 11) is 0. The summed E-state index contributed by atoms with van der Waals surface area (Å²) in [6.45, 7) is 8.57. The van der Waals surface area contributed by atoms with Gasteiger partial charge in [0.25, 0.3) is 0 Å². The molecule has 0 spiro atoms. The van der Waals surface area contributed by atoms with Crippen LogP contribution in [0, 0.1) is 0 Å². The molecule has 0 N–H and O–H groups in total. The van der Waals surface area contributed by atoms with Crippen molar-refractivity contribution in [3.8, 4) is 0 Å². The van der Waals surface area contributed by atoms with E-state index in [0.717, 1.165) is 18.4 Å². The summed E-state index contributed by atoms with van der Waals surface area (Å²) in [5, 5.41) is 0. The van der Waals surface area contributed by atoms with Crippen molar-refractivity contribution in [3.05, 3.63) is 35.4 Å². The Bertz CT molecular complexity index is 360. The lowest BCUT2D eigenvalue weighted by atomic mass is 10.1. The van der Waals surface area contributed by atoms with Gasteiger partial charge in [0.15, 0.2) is 5.78 Å². The topological polar surface area (TPSA) is 17.1 Å². The summed E-state index contributed by atoms with van der Waals surface area (Å²) in [5.74, 6) is 0.796. The van der Waals surface area contributed by atoms with Gasteiger partial charge in [0.2, 0.25) is 0 Å². The second-order valence-corrected chi connectivity index (χ2v) is 7.07. The molecule has 1 aromatic carbocycles. The number of benzene rings is 1. The second-order valence-electron chi connectivity index (χ2n) is 5.27. The summed E-state index contributed by atoms with van der Waals surface area (Å²) in [6.07, 6.45) is 2.23. The molecule has 17 heavy (non-hydrogen) atoms. The highest BCUT2D eigenvalue weighted by atomic mass is 32.2. The van der Waals surface area contributed by atoms with Gasteiger partial charge in [0, 0.05) is 10.3 Å². The maximum absolute atomic E-state index is 11.9. The Labute approximate surface area is 109 Å². The van der Waals surface area contributed by atoms with E-state index >= 15 is 0 Å². The standard InChI is InChI=1S/C15H22OS/c1-5-6-12-7-9-13(10-8-12)14(16)11-17-15(2,3)4/h7-10H,5-6,11H2,1-4H3. The third-order valence-corrected chi connectivity index (χ3v) is 3.72. The van der Waals surface area contributed by atoms with E-state index in [1.165, 1.54) is 5.56 Å². The molecule has 0 atom stereocenters. The molecule has 1 rings (SSSR count). The van der Waals surface area contributed by atoms with Crippen molar-refractivity contribution in [2.45, 2.75) is 45.3 Å². The Morgan fingerprint density at radius 1 is 1.18 bits per heavy atom. The van der Waals surface area contributed by atoms with Crippen LogP contribution < -0.4 is 0 Å². The lowest BCUT2D eigenvalue weighted by Gasteiger charge is -2.16. The number of aryl methyl sites for hydroxylation is 1. The molecule has 0 aromatic heterocycles. The first-order chi connectivity index (χ1) is 7.92. The van der Waals surface area contributed by atoms with Crippen molar-refractivity contribution >= 4 is 17.5 Å². The molecule has 0 heterocycles. The van der Waals surface area contributed by atoms with Crippen molar-refractivity contribution in [2.75, 3.05) is 5.75 Å². The fourth-order valence-electron chi connectivity index (χ4n) is 1.51. The van der Waals surface area contributed by atoms with Gasteiger partial charge in [0.05, 0.1) is 5.75 Å². The van der Waals surface area contributed by atoms with E-state index in [1.54, 1.807) is 11.8 Å². The Kier molecular flexibility index (Phi) is 5.26. The zero-order chi connectivity index (χ0) is 12.9. The molecule has 1 aromatic rings. The van der Waals surface area contributed by atoms with Crippen LogP contribution in [-0.2, 0) is 6.42 Å². The summed E-state index contributed by atoms with van der Waals surface area (Å²) >= 11 is 1.70. The predicted octanol–water partition coefficient (Wildman–Crippen LogP) is 4.35. The van der Waals surface area contributed by atoms with Gasteiger partial charge in [-0.25, -0.2) is 0 Å². The SMILES string of the molecule is CCCc1ccc(C(=O)CSC(C)(C)C)cc1. The van der Waals surface area contributed by atoms with Gasteiger partial charge in [-0.3, -0.25) is 4.79 Å². The van der Waals surface area contributed by atoms with E-state index in [1.807, 2.05) is 12.1 Å². The average Bonchev–Trinajstić information content (AvgIpc) is 2.26. The van der Waals surface area contributed by atoms with Crippen LogP contribution in [0.25, 0.3) is 0 Å². The van der Waals surface area contributed by atoms with Gasteiger partial charge in [-0.15, -0.1) is 11.8 Å². The van der Waals surface area contributed by atoms with Crippen LogP contribution >= 0.6 is 11.8 Å². The van der Waals surface area contributed by atoms with Crippen molar-refractivity contribution in [2.24, 2.45) is 0 Å². The van der Waals surface area contributed by atoms with E-state index in [-0.39, 0.29) is 10.5 Å². The molecule has 0 aliphatic carbocycles. The minimum atomic E-state index is 0.151. The van der Waals surface area contributed by atoms with E-state index < -0.39 is 0 Å². The predicted molar refractivity (Wildman–Crippen MR) is 77.0 cm³/mol. The molecule has 0 unspecified atom stereocenters. The smallest absolute Gasteiger partial charge is 0.172 e. The van der Waals surface area contributed by atoms with E-state index in [4.69, 9.17) is 0 Å². The summed E-state index contributed by atoms with van der Waals surface area (Å²) in [6, 6.07) is 8.05. The van der Waals surface area contributed by atoms with Crippen LogP contribution in [0.15, 0.2) is 24.3 Å². The van der Waals surface area contributed by atoms with Gasteiger partial charge in [-0.2, -0.15) is 0 Å². The Balaban J connectivity index is 2.57. The van der Waals surface area contributed by atoms with Crippen LogP contribution in [-0.4, -0.2) is 16.3 Å². The Morgan fingerprint density at radius 2 is 1.76 bits per heavy atom. The minimum Gasteiger partial charge on any atom is -0.293 e. The highest BCUT2D eigenvalue weighted by Crippen LogP contribution is 2.24. The molecule has 0 bridgehead atoms. The average molecular weight is 250 g/mol. The first-order valence-electron chi connectivity index (χ1n) is 6.18. The zero-order valence-electron chi connectivity index (χ0n) is 11.2. The third kappa shape index (κ3) is 5.40. The summed E-state index contributed by atoms with van der Waals surface area (Å²) in [4.78, 5) is 11.9. The first-order valence-corrected chi connectivity index (χ1v) is 7.17. The normalized spacial score (nSPS) is 11.5. The molecule has 0 aliphatic heterocycles. The molecule has 0 fully saturated rings. The lowest BCUT2D eigenvalue weighted by molar-refractivity contribution is 0.102. The fraction of sp³-hybridized carbons (Fsp3) is 0.533. The zero-order valence-corrected chi connectivity index (χ0v) is 12.1. The number of Topliss-reactive ketones (excluding diaryl/α,β-unsaturated/α-hetero) is 1. The fourth-order valence-corrected chi connectivity index (χ4v) is 2.24. The third-order valence-electron chi connectivity index (χ3n) is 2.45. The number of carbonyl (C=O) groups excluding carboxylic acids is 1. The molecule has 1 nitrogen and oxygen atoms in total. The molecule has 2 heteroatoms. The molecule has 0 radical (unpaired) electrons. The van der Waals surface area contributed by atoms with Crippen molar-refractivity contribution in [3.63, 3.8) is 0 Å². The van der Waals surface area contributed by atoms with Crippen LogP contribution in [0.2, 0.25) is 0 Å². The molecule has 94 valence electrons. The first kappa shape index (κ1) is 14.3. The van der Waals surface area contributed by atoms with Gasteiger partial charge < -0.3 is 0 Å². The van der Waals surface area contributed by atoms with Crippen molar-refractivity contribution in [1.29, 1.82) is 0 Å². The van der Waals surface area contributed by atoms with Crippen LogP contribution in [0.1, 0.15) is 50.0 Å². The maximum Gasteiger partial charge on any atom is 0.172 e. The van der Waals surface area contributed by atoms with Crippen molar-refractivity contribution in [1.82, 2.24) is 0 Å². The van der Waals surface area contributed by atoms with Crippen LogP contribution in [0.3, 0.4) is 0 Å². The number of carbonyl (C=O) groups is 1.